The number of benzene rings is 3. The SMILES string of the molecule is O=CN1CCN(c2ccnc3c(F)c(-c4cc(O)cc5ccccc45)c(Cl)cc23)CC1. The molecular weight excluding hydrogens is 417 g/mol. The summed E-state index contributed by atoms with van der Waals surface area (Å²) in [4.78, 5) is 19.1. The molecule has 1 saturated heterocycles. The predicted molar refractivity (Wildman–Crippen MR) is 121 cm³/mol. The summed E-state index contributed by atoms with van der Waals surface area (Å²) in [5, 5.41) is 12.7. The number of hydrogen-bond donors (Lipinski definition) is 1. The third kappa shape index (κ3) is 3.33. The fraction of sp³-hybridized carbons (Fsp3) is 0.167. The maximum absolute atomic E-state index is 15.8. The lowest BCUT2D eigenvalue weighted by Gasteiger charge is -2.34. The average Bonchev–Trinajstić information content (AvgIpc) is 2.79. The van der Waals surface area contributed by atoms with Gasteiger partial charge in [0.2, 0.25) is 6.41 Å². The van der Waals surface area contributed by atoms with Gasteiger partial charge in [-0.15, -0.1) is 0 Å². The molecule has 7 heteroatoms. The van der Waals surface area contributed by atoms with E-state index in [9.17, 15) is 9.90 Å². The van der Waals surface area contributed by atoms with E-state index in [2.05, 4.69) is 9.88 Å². The minimum Gasteiger partial charge on any atom is -0.508 e. The second-order valence-corrected chi connectivity index (χ2v) is 8.02. The van der Waals surface area contributed by atoms with E-state index in [1.54, 1.807) is 23.2 Å². The van der Waals surface area contributed by atoms with Crippen LogP contribution in [0.15, 0.2) is 54.7 Å². The second-order valence-electron chi connectivity index (χ2n) is 7.62. The van der Waals surface area contributed by atoms with Crippen LogP contribution in [0.25, 0.3) is 32.8 Å². The molecule has 31 heavy (non-hydrogen) atoms. The van der Waals surface area contributed by atoms with Gasteiger partial charge >= 0.3 is 0 Å². The number of amides is 1. The monoisotopic (exact) mass is 435 g/mol. The highest BCUT2D eigenvalue weighted by Gasteiger charge is 2.23. The van der Waals surface area contributed by atoms with Crippen molar-refractivity contribution >= 4 is 45.4 Å². The first-order chi connectivity index (χ1) is 15.1. The number of halogens is 2. The number of aromatic nitrogens is 1. The van der Waals surface area contributed by atoms with Gasteiger partial charge in [0.1, 0.15) is 11.3 Å². The molecule has 5 rings (SSSR count). The van der Waals surface area contributed by atoms with Gasteiger partial charge < -0.3 is 14.9 Å². The molecule has 0 atom stereocenters. The van der Waals surface area contributed by atoms with E-state index in [4.69, 9.17) is 11.6 Å². The first-order valence-electron chi connectivity index (χ1n) is 10.00. The number of carbonyl (C=O) groups is 1. The van der Waals surface area contributed by atoms with Gasteiger partial charge in [0.25, 0.3) is 0 Å². The Kier molecular flexibility index (Phi) is 4.87. The van der Waals surface area contributed by atoms with Crippen molar-refractivity contribution in [1.29, 1.82) is 0 Å². The lowest BCUT2D eigenvalue weighted by Crippen LogP contribution is -2.45. The Bertz CT molecular complexity index is 1320. The Labute approximate surface area is 183 Å². The number of piperazine rings is 1. The topological polar surface area (TPSA) is 56.7 Å². The smallest absolute Gasteiger partial charge is 0.209 e. The van der Waals surface area contributed by atoms with Crippen molar-refractivity contribution in [3.05, 3.63) is 65.6 Å². The lowest BCUT2D eigenvalue weighted by atomic mass is 9.96. The molecule has 1 aromatic heterocycles. The highest BCUT2D eigenvalue weighted by atomic mass is 35.5. The van der Waals surface area contributed by atoms with Crippen LogP contribution in [-0.2, 0) is 4.79 Å². The van der Waals surface area contributed by atoms with Gasteiger partial charge in [0.05, 0.1) is 5.02 Å². The van der Waals surface area contributed by atoms with E-state index in [-0.39, 0.29) is 21.9 Å². The van der Waals surface area contributed by atoms with Crippen molar-refractivity contribution in [3.8, 4) is 16.9 Å². The fourth-order valence-corrected chi connectivity index (χ4v) is 4.59. The summed E-state index contributed by atoms with van der Waals surface area (Å²) in [5.74, 6) is -0.481. The Morgan fingerprint density at radius 3 is 2.58 bits per heavy atom. The second kappa shape index (κ2) is 7.71. The molecule has 0 aliphatic carbocycles. The van der Waals surface area contributed by atoms with Gasteiger partial charge in [0.15, 0.2) is 5.82 Å². The molecule has 0 radical (unpaired) electrons. The van der Waals surface area contributed by atoms with Crippen molar-refractivity contribution < 1.29 is 14.3 Å². The molecule has 156 valence electrons. The molecule has 3 aromatic carbocycles. The number of pyridine rings is 1. The average molecular weight is 436 g/mol. The molecule has 1 N–H and O–H groups in total. The molecule has 1 aliphatic heterocycles. The first-order valence-corrected chi connectivity index (χ1v) is 10.4. The number of aromatic hydroxyl groups is 1. The number of hydrogen-bond acceptors (Lipinski definition) is 4. The number of anilines is 1. The van der Waals surface area contributed by atoms with E-state index in [1.165, 1.54) is 6.07 Å². The lowest BCUT2D eigenvalue weighted by molar-refractivity contribution is -0.118. The van der Waals surface area contributed by atoms with E-state index < -0.39 is 5.82 Å². The summed E-state index contributed by atoms with van der Waals surface area (Å²) in [5.41, 5.74) is 1.80. The van der Waals surface area contributed by atoms with Gasteiger partial charge in [-0.1, -0.05) is 35.9 Å². The number of phenols is 1. The van der Waals surface area contributed by atoms with Crippen molar-refractivity contribution in [2.45, 2.75) is 0 Å². The molecule has 0 unspecified atom stereocenters. The third-order valence-electron chi connectivity index (χ3n) is 5.82. The first kappa shape index (κ1) is 19.6. The third-order valence-corrected chi connectivity index (χ3v) is 6.12. The Morgan fingerprint density at radius 2 is 1.81 bits per heavy atom. The highest BCUT2D eigenvalue weighted by Crippen LogP contribution is 2.42. The van der Waals surface area contributed by atoms with Crippen LogP contribution >= 0.6 is 11.6 Å². The van der Waals surface area contributed by atoms with Crippen LogP contribution in [-0.4, -0.2) is 47.6 Å². The van der Waals surface area contributed by atoms with Crippen LogP contribution < -0.4 is 4.90 Å². The normalized spacial score (nSPS) is 14.4. The molecule has 5 nitrogen and oxygen atoms in total. The van der Waals surface area contributed by atoms with Gasteiger partial charge in [-0.25, -0.2) is 4.39 Å². The molecule has 1 aliphatic rings. The molecule has 1 amide bonds. The zero-order chi connectivity index (χ0) is 21.5. The quantitative estimate of drug-likeness (QED) is 0.468. The number of fused-ring (bicyclic) bond motifs is 2. The van der Waals surface area contributed by atoms with E-state index in [0.29, 0.717) is 37.1 Å². The van der Waals surface area contributed by atoms with Gasteiger partial charge in [-0.3, -0.25) is 9.78 Å². The van der Waals surface area contributed by atoms with Crippen LogP contribution in [0.3, 0.4) is 0 Å². The summed E-state index contributed by atoms with van der Waals surface area (Å²) in [6, 6.07) is 14.2. The number of carbonyl (C=O) groups excluding carboxylic acids is 1. The van der Waals surface area contributed by atoms with Crippen molar-refractivity contribution in [3.63, 3.8) is 0 Å². The molecule has 1 fully saturated rings. The van der Waals surface area contributed by atoms with Crippen molar-refractivity contribution in [2.75, 3.05) is 31.1 Å². The van der Waals surface area contributed by atoms with Crippen LogP contribution in [0.4, 0.5) is 10.1 Å². The number of phenolic OH excluding ortho intramolecular Hbond substituents is 1. The highest BCUT2D eigenvalue weighted by molar-refractivity contribution is 6.35. The zero-order valence-corrected chi connectivity index (χ0v) is 17.3. The Balaban J connectivity index is 1.69. The summed E-state index contributed by atoms with van der Waals surface area (Å²) >= 11 is 6.63. The van der Waals surface area contributed by atoms with Gasteiger partial charge in [-0.2, -0.15) is 0 Å². The predicted octanol–water partition coefficient (Wildman–Crippen LogP) is 4.83. The van der Waals surface area contributed by atoms with Gasteiger partial charge in [-0.05, 0) is 40.6 Å². The summed E-state index contributed by atoms with van der Waals surface area (Å²) in [6.07, 6.45) is 2.44. The minimum atomic E-state index is -0.522. The maximum Gasteiger partial charge on any atom is 0.209 e. The summed E-state index contributed by atoms with van der Waals surface area (Å²) in [7, 11) is 0. The Morgan fingerprint density at radius 1 is 1.03 bits per heavy atom. The van der Waals surface area contributed by atoms with Crippen LogP contribution in [0, 0.1) is 5.82 Å². The van der Waals surface area contributed by atoms with Crippen LogP contribution in [0.2, 0.25) is 5.02 Å². The molecule has 0 bridgehead atoms. The van der Waals surface area contributed by atoms with Crippen molar-refractivity contribution in [2.24, 2.45) is 0 Å². The minimum absolute atomic E-state index is 0.0408. The number of nitrogens with zero attached hydrogens (tertiary/aromatic N) is 3. The Hall–Kier alpha value is -3.38. The summed E-state index contributed by atoms with van der Waals surface area (Å²) < 4.78 is 15.8. The molecule has 0 saturated carbocycles. The van der Waals surface area contributed by atoms with Gasteiger partial charge in [0, 0.05) is 49.0 Å². The van der Waals surface area contributed by atoms with E-state index in [0.717, 1.165) is 22.9 Å². The van der Waals surface area contributed by atoms with Crippen LogP contribution in [0.5, 0.6) is 5.75 Å². The van der Waals surface area contributed by atoms with E-state index in [1.807, 2.05) is 30.3 Å². The summed E-state index contributed by atoms with van der Waals surface area (Å²) in [6.45, 7) is 2.51. The largest absolute Gasteiger partial charge is 0.508 e. The molecule has 2 heterocycles. The number of rotatable bonds is 3. The van der Waals surface area contributed by atoms with Crippen molar-refractivity contribution in [1.82, 2.24) is 9.88 Å². The molecular formula is C24H19ClFN3O2. The van der Waals surface area contributed by atoms with E-state index >= 15 is 4.39 Å². The maximum atomic E-state index is 15.8. The zero-order valence-electron chi connectivity index (χ0n) is 16.6. The molecule has 0 spiro atoms. The standard InChI is InChI=1S/C24H19ClFN3O2/c25-20-13-19-21(29-9-7-28(14-30)8-10-29)5-6-27-24(19)23(26)22(20)18-12-16(31)11-15-3-1-2-4-17(15)18/h1-6,11-14,31H,7-10H2. The fourth-order valence-electron chi connectivity index (χ4n) is 4.29. The van der Waals surface area contributed by atoms with Crippen LogP contribution in [0.1, 0.15) is 0 Å². The molecule has 4 aromatic rings.